The van der Waals surface area contributed by atoms with E-state index < -0.39 is 0 Å². The first-order chi connectivity index (χ1) is 7.25. The van der Waals surface area contributed by atoms with Crippen molar-refractivity contribution in [2.75, 3.05) is 0 Å². The molecule has 0 saturated carbocycles. The third-order valence-corrected chi connectivity index (χ3v) is 2.45. The van der Waals surface area contributed by atoms with Crippen LogP contribution in [0.5, 0.6) is 0 Å². The van der Waals surface area contributed by atoms with Crippen molar-refractivity contribution in [2.45, 2.75) is 13.8 Å². The van der Waals surface area contributed by atoms with Crippen molar-refractivity contribution in [1.29, 1.82) is 0 Å². The van der Waals surface area contributed by atoms with Crippen LogP contribution in [0.2, 0.25) is 0 Å². The number of fused-ring (bicyclic) bond motifs is 3. The topological polar surface area (TPSA) is 43.1 Å². The van der Waals surface area contributed by atoms with E-state index >= 15 is 0 Å². The fourth-order valence-corrected chi connectivity index (χ4v) is 1.80. The van der Waals surface area contributed by atoms with Crippen LogP contribution >= 0.6 is 0 Å². The largest absolute Gasteiger partial charge is 0.233 e. The number of benzene rings is 1. The van der Waals surface area contributed by atoms with E-state index in [4.69, 9.17) is 0 Å². The van der Waals surface area contributed by atoms with Gasteiger partial charge in [-0.2, -0.15) is 4.52 Å². The molecule has 0 spiro atoms. The fourth-order valence-electron chi connectivity index (χ4n) is 1.80. The first-order valence-electron chi connectivity index (χ1n) is 4.84. The van der Waals surface area contributed by atoms with Gasteiger partial charge in [-0.05, 0) is 26.0 Å². The molecule has 74 valence electrons. The summed E-state index contributed by atoms with van der Waals surface area (Å²) in [5, 5.41) is 5.35. The second-order valence-electron chi connectivity index (χ2n) is 3.57. The minimum atomic E-state index is 0.774. The Morgan fingerprint density at radius 1 is 1.07 bits per heavy atom. The van der Waals surface area contributed by atoms with Gasteiger partial charge < -0.3 is 0 Å². The first kappa shape index (κ1) is 8.35. The van der Waals surface area contributed by atoms with E-state index in [2.05, 4.69) is 15.1 Å². The van der Waals surface area contributed by atoms with E-state index in [1.54, 1.807) is 4.52 Å². The molecule has 0 radical (unpaired) electrons. The van der Waals surface area contributed by atoms with Crippen LogP contribution in [0.3, 0.4) is 0 Å². The minimum Gasteiger partial charge on any atom is -0.233 e. The lowest BCUT2D eigenvalue weighted by Gasteiger charge is -2.01. The quantitative estimate of drug-likeness (QED) is 0.554. The smallest absolute Gasteiger partial charge is 0.167 e. The highest BCUT2D eigenvalue weighted by atomic mass is 15.3. The zero-order chi connectivity index (χ0) is 10.4. The lowest BCUT2D eigenvalue weighted by atomic mass is 10.2. The monoisotopic (exact) mass is 198 g/mol. The Morgan fingerprint density at radius 3 is 2.73 bits per heavy atom. The van der Waals surface area contributed by atoms with Gasteiger partial charge in [0, 0.05) is 5.39 Å². The summed E-state index contributed by atoms with van der Waals surface area (Å²) in [4.78, 5) is 8.89. The minimum absolute atomic E-state index is 0.774. The molecular formula is C11H10N4. The summed E-state index contributed by atoms with van der Waals surface area (Å²) in [5.74, 6) is 1.64. The van der Waals surface area contributed by atoms with Gasteiger partial charge in [-0.3, -0.25) is 0 Å². The molecule has 0 aliphatic rings. The van der Waals surface area contributed by atoms with Crippen LogP contribution in [0.25, 0.3) is 16.6 Å². The van der Waals surface area contributed by atoms with Crippen LogP contribution in [0.1, 0.15) is 11.6 Å². The number of rotatable bonds is 0. The molecule has 1 aromatic carbocycles. The van der Waals surface area contributed by atoms with Gasteiger partial charge in [-0.1, -0.05) is 12.1 Å². The molecule has 0 unspecified atom stereocenters. The Balaban J connectivity index is 2.63. The molecule has 0 aliphatic carbocycles. The Morgan fingerprint density at radius 2 is 1.87 bits per heavy atom. The molecule has 0 atom stereocenters. The Hall–Kier alpha value is -1.97. The molecule has 0 fully saturated rings. The zero-order valence-corrected chi connectivity index (χ0v) is 8.60. The van der Waals surface area contributed by atoms with Gasteiger partial charge in [0.2, 0.25) is 0 Å². The summed E-state index contributed by atoms with van der Waals surface area (Å²) in [6.07, 6.45) is 0. The molecule has 0 N–H and O–H groups in total. The van der Waals surface area contributed by atoms with Gasteiger partial charge in [-0.25, -0.2) is 9.97 Å². The highest BCUT2D eigenvalue weighted by Crippen LogP contribution is 2.17. The van der Waals surface area contributed by atoms with Crippen LogP contribution in [0.15, 0.2) is 24.3 Å². The molecule has 3 aromatic rings. The summed E-state index contributed by atoms with van der Waals surface area (Å²) >= 11 is 0. The standard InChI is InChI=1S/C11H10N4/c1-7-12-11-9-5-3-4-6-10(9)13-8(2)15(11)14-7/h3-6H,1-2H3. The molecule has 2 heterocycles. The van der Waals surface area contributed by atoms with Crippen LogP contribution in [-0.2, 0) is 0 Å². The predicted molar refractivity (Wildman–Crippen MR) is 57.8 cm³/mol. The number of aromatic nitrogens is 4. The molecule has 4 heteroatoms. The maximum atomic E-state index is 4.48. The van der Waals surface area contributed by atoms with E-state index in [1.165, 1.54) is 0 Å². The van der Waals surface area contributed by atoms with Crippen LogP contribution < -0.4 is 0 Å². The van der Waals surface area contributed by atoms with E-state index in [9.17, 15) is 0 Å². The zero-order valence-electron chi connectivity index (χ0n) is 8.60. The second-order valence-corrected chi connectivity index (χ2v) is 3.57. The number of nitrogens with zero attached hydrogens (tertiary/aromatic N) is 4. The van der Waals surface area contributed by atoms with Crippen molar-refractivity contribution in [1.82, 2.24) is 19.6 Å². The molecule has 0 amide bonds. The van der Waals surface area contributed by atoms with E-state index in [-0.39, 0.29) is 0 Å². The molecule has 4 nitrogen and oxygen atoms in total. The van der Waals surface area contributed by atoms with Gasteiger partial charge >= 0.3 is 0 Å². The third-order valence-electron chi connectivity index (χ3n) is 2.45. The predicted octanol–water partition coefficient (Wildman–Crippen LogP) is 1.89. The van der Waals surface area contributed by atoms with E-state index in [1.807, 2.05) is 38.1 Å². The molecule has 0 bridgehead atoms. The summed E-state index contributed by atoms with van der Waals surface area (Å²) in [6.45, 7) is 3.83. The van der Waals surface area contributed by atoms with Crippen molar-refractivity contribution >= 4 is 16.6 Å². The second kappa shape index (κ2) is 2.76. The molecule has 3 rings (SSSR count). The lowest BCUT2D eigenvalue weighted by Crippen LogP contribution is -1.98. The molecule has 0 aliphatic heterocycles. The van der Waals surface area contributed by atoms with Crippen LogP contribution in [0.4, 0.5) is 0 Å². The van der Waals surface area contributed by atoms with Gasteiger partial charge in [0.25, 0.3) is 0 Å². The van der Waals surface area contributed by atoms with Crippen molar-refractivity contribution in [2.24, 2.45) is 0 Å². The summed E-state index contributed by atoms with van der Waals surface area (Å²) in [6, 6.07) is 7.98. The van der Waals surface area contributed by atoms with Gasteiger partial charge in [0.1, 0.15) is 11.6 Å². The lowest BCUT2D eigenvalue weighted by molar-refractivity contribution is 0.859. The van der Waals surface area contributed by atoms with Gasteiger partial charge in [0.15, 0.2) is 5.65 Å². The molecule has 2 aromatic heterocycles. The number of hydrogen-bond acceptors (Lipinski definition) is 3. The molecular weight excluding hydrogens is 188 g/mol. The maximum Gasteiger partial charge on any atom is 0.167 e. The highest BCUT2D eigenvalue weighted by molar-refractivity contribution is 5.91. The fraction of sp³-hybridized carbons (Fsp3) is 0.182. The third kappa shape index (κ3) is 1.11. The number of hydrogen-bond donors (Lipinski definition) is 0. The Labute approximate surface area is 86.6 Å². The van der Waals surface area contributed by atoms with Gasteiger partial charge in [0.05, 0.1) is 5.52 Å². The van der Waals surface area contributed by atoms with E-state index in [0.29, 0.717) is 0 Å². The van der Waals surface area contributed by atoms with Crippen molar-refractivity contribution in [3.63, 3.8) is 0 Å². The van der Waals surface area contributed by atoms with Crippen molar-refractivity contribution in [3.8, 4) is 0 Å². The molecule has 15 heavy (non-hydrogen) atoms. The highest BCUT2D eigenvalue weighted by Gasteiger charge is 2.07. The average Bonchev–Trinajstić information content (AvgIpc) is 2.61. The molecule has 0 saturated heterocycles. The van der Waals surface area contributed by atoms with Crippen molar-refractivity contribution in [3.05, 3.63) is 35.9 Å². The maximum absolute atomic E-state index is 4.48. The van der Waals surface area contributed by atoms with Crippen LogP contribution in [0, 0.1) is 13.8 Å². The summed E-state index contributed by atoms with van der Waals surface area (Å²) in [5.41, 5.74) is 1.85. The normalized spacial score (nSPS) is 11.3. The van der Waals surface area contributed by atoms with Crippen molar-refractivity contribution < 1.29 is 0 Å². The Bertz CT molecular complexity index is 654. The number of aryl methyl sites for hydroxylation is 2. The summed E-state index contributed by atoms with van der Waals surface area (Å²) < 4.78 is 1.79. The SMILES string of the molecule is Cc1nc2c3ccccc3nc(C)n2n1. The van der Waals surface area contributed by atoms with Gasteiger partial charge in [-0.15, -0.1) is 5.10 Å². The first-order valence-corrected chi connectivity index (χ1v) is 4.84. The van der Waals surface area contributed by atoms with Crippen LogP contribution in [-0.4, -0.2) is 19.6 Å². The number of para-hydroxylation sites is 1. The Kier molecular flexibility index (Phi) is 1.54. The summed E-state index contributed by atoms with van der Waals surface area (Å²) in [7, 11) is 0. The van der Waals surface area contributed by atoms with E-state index in [0.717, 1.165) is 28.2 Å². The average molecular weight is 198 g/mol.